The van der Waals surface area contributed by atoms with E-state index in [1.807, 2.05) is 4.72 Å². The number of anilines is 1. The molecule has 0 spiro atoms. The van der Waals surface area contributed by atoms with E-state index in [1.54, 1.807) is 6.07 Å². The molecule has 9 N–H and O–H groups in total. The molecule has 0 saturated carbocycles. The predicted molar refractivity (Wildman–Crippen MR) is 149 cm³/mol. The van der Waals surface area contributed by atoms with Crippen LogP contribution >= 0.6 is 0 Å². The van der Waals surface area contributed by atoms with E-state index in [9.17, 15) is 42.5 Å². The van der Waals surface area contributed by atoms with Gasteiger partial charge in [-0.1, -0.05) is 24.3 Å². The second kappa shape index (κ2) is 12.7. The standard InChI is InChI=1S/C24H28BN7O10S/c26-7-8-31-9-10-32(22(35)21(31)34)24(38)29-18(13-3-1-5-15(11-13)30-43(27,40)41)20(33)28-17-12-14-4-2-6-16(23(36)37)19(14)42-25(17)39/h1-6,11,17-18,30,39H,7-10,12,26H2,(H,28,33)(H,29,38)(H,36,37)(H2,27,40,41)/t17-,18?/m0/s1. The maximum Gasteiger partial charge on any atom is 0.547 e. The van der Waals surface area contributed by atoms with E-state index in [0.717, 1.165) is 0 Å². The van der Waals surface area contributed by atoms with Gasteiger partial charge in [0.25, 0.3) is 10.2 Å². The third-order valence-corrected chi connectivity index (χ3v) is 7.16. The number of hydrogen-bond acceptors (Lipinski definition) is 10. The number of rotatable bonds is 9. The Morgan fingerprint density at radius 2 is 1.84 bits per heavy atom. The number of carbonyl (C=O) groups excluding carboxylic acids is 4. The molecule has 1 saturated heterocycles. The molecule has 2 aromatic carbocycles. The van der Waals surface area contributed by atoms with Crippen molar-refractivity contribution in [2.75, 3.05) is 30.9 Å². The third kappa shape index (κ3) is 7.20. The molecule has 0 aliphatic carbocycles. The summed E-state index contributed by atoms with van der Waals surface area (Å²) in [5, 5.41) is 30.0. The Morgan fingerprint density at radius 3 is 2.51 bits per heavy atom. The molecule has 1 unspecified atom stereocenters. The molecule has 19 heteroatoms. The normalized spacial score (nSPS) is 17.5. The van der Waals surface area contributed by atoms with Gasteiger partial charge >= 0.3 is 30.9 Å². The van der Waals surface area contributed by atoms with Crippen molar-refractivity contribution >= 4 is 52.7 Å². The number of nitrogens with two attached hydrogens (primary N) is 2. The number of urea groups is 1. The summed E-state index contributed by atoms with van der Waals surface area (Å²) in [7, 11) is -5.89. The molecule has 2 aliphatic heterocycles. The van der Waals surface area contributed by atoms with Crippen molar-refractivity contribution in [2.24, 2.45) is 10.9 Å². The van der Waals surface area contributed by atoms with Gasteiger partial charge in [0, 0.05) is 26.2 Å². The van der Waals surface area contributed by atoms with E-state index in [2.05, 4.69) is 10.6 Å². The molecule has 0 radical (unpaired) electrons. The molecule has 0 bridgehead atoms. The first kappa shape index (κ1) is 31.2. The fraction of sp³-hybridized carbons (Fsp3) is 0.292. The Bertz CT molecular complexity index is 1570. The highest BCUT2D eigenvalue weighted by atomic mass is 32.2. The number of carboxylic acids is 1. The summed E-state index contributed by atoms with van der Waals surface area (Å²) in [5.41, 5.74) is 5.65. The number of para-hydroxylation sites is 1. The van der Waals surface area contributed by atoms with E-state index < -0.39 is 59.0 Å². The average Bonchev–Trinajstić information content (AvgIpc) is 2.93. The van der Waals surface area contributed by atoms with Crippen LogP contribution in [0.4, 0.5) is 10.5 Å². The predicted octanol–water partition coefficient (Wildman–Crippen LogP) is -2.48. The Balaban J connectivity index is 1.60. The Morgan fingerprint density at radius 1 is 1.12 bits per heavy atom. The van der Waals surface area contributed by atoms with Gasteiger partial charge in [0.1, 0.15) is 11.8 Å². The zero-order valence-electron chi connectivity index (χ0n) is 22.4. The van der Waals surface area contributed by atoms with Gasteiger partial charge in [-0.05, 0) is 35.7 Å². The third-order valence-electron chi connectivity index (χ3n) is 6.64. The SMILES string of the molecule is NCCN1CCN(C(=O)NC(C(=O)N[C@H]2Cc3cccc(C(=O)O)c3OB2O)c2cccc(NS(N)(=O)=O)c2)C(=O)C1=O. The zero-order valence-corrected chi connectivity index (χ0v) is 23.2. The van der Waals surface area contributed by atoms with Gasteiger partial charge in [-0.25, -0.2) is 14.7 Å². The number of hydrogen-bond donors (Lipinski definition) is 7. The number of benzene rings is 2. The Hall–Kier alpha value is -4.72. The first-order valence-electron chi connectivity index (χ1n) is 12.8. The number of aromatic carboxylic acids is 1. The summed E-state index contributed by atoms with van der Waals surface area (Å²) in [4.78, 5) is 65.2. The van der Waals surface area contributed by atoms with Crippen LogP contribution < -0.4 is 30.9 Å². The molecule has 2 aromatic rings. The van der Waals surface area contributed by atoms with E-state index in [-0.39, 0.29) is 55.2 Å². The summed E-state index contributed by atoms with van der Waals surface area (Å²) in [5.74, 6) is -5.45. The first-order chi connectivity index (χ1) is 20.3. The van der Waals surface area contributed by atoms with Crippen LogP contribution in [0.15, 0.2) is 42.5 Å². The van der Waals surface area contributed by atoms with Gasteiger partial charge in [0.15, 0.2) is 0 Å². The van der Waals surface area contributed by atoms with Crippen molar-refractivity contribution in [3.05, 3.63) is 59.2 Å². The van der Waals surface area contributed by atoms with Crippen LogP contribution in [0.2, 0.25) is 0 Å². The van der Waals surface area contributed by atoms with E-state index in [0.29, 0.717) is 10.5 Å². The molecule has 4 rings (SSSR count). The van der Waals surface area contributed by atoms with Crippen LogP contribution in [-0.2, 0) is 31.0 Å². The van der Waals surface area contributed by atoms with Crippen molar-refractivity contribution in [3.8, 4) is 5.75 Å². The van der Waals surface area contributed by atoms with Crippen LogP contribution in [0.1, 0.15) is 27.5 Å². The van der Waals surface area contributed by atoms with Crippen molar-refractivity contribution in [3.63, 3.8) is 0 Å². The fourth-order valence-corrected chi connectivity index (χ4v) is 5.12. The maximum absolute atomic E-state index is 13.6. The van der Waals surface area contributed by atoms with Crippen LogP contribution in [-0.4, -0.2) is 97.3 Å². The number of nitrogens with zero attached hydrogens (tertiary/aromatic N) is 2. The summed E-state index contributed by atoms with van der Waals surface area (Å²) in [6.07, 6.45) is -0.0485. The molecule has 0 aromatic heterocycles. The van der Waals surface area contributed by atoms with Gasteiger partial charge in [-0.3, -0.25) is 24.0 Å². The minimum atomic E-state index is -4.20. The van der Waals surface area contributed by atoms with Crippen LogP contribution in [0.5, 0.6) is 5.75 Å². The smallest absolute Gasteiger partial charge is 0.534 e. The molecule has 1 fully saturated rings. The van der Waals surface area contributed by atoms with Crippen LogP contribution in [0, 0.1) is 0 Å². The second-order valence-corrected chi connectivity index (χ2v) is 10.9. The monoisotopic (exact) mass is 617 g/mol. The van der Waals surface area contributed by atoms with Crippen molar-refractivity contribution in [1.29, 1.82) is 0 Å². The number of carbonyl (C=O) groups is 5. The molecular weight excluding hydrogens is 589 g/mol. The van der Waals surface area contributed by atoms with Crippen LogP contribution in [0.25, 0.3) is 0 Å². The van der Waals surface area contributed by atoms with Crippen LogP contribution in [0.3, 0.4) is 0 Å². The van der Waals surface area contributed by atoms with Gasteiger partial charge in [0.05, 0.1) is 17.2 Å². The highest BCUT2D eigenvalue weighted by Gasteiger charge is 2.41. The summed E-state index contributed by atoms with van der Waals surface area (Å²) < 4.78 is 30.6. The van der Waals surface area contributed by atoms with Crippen molar-refractivity contribution in [1.82, 2.24) is 20.4 Å². The quantitative estimate of drug-likeness (QED) is 0.114. The lowest BCUT2D eigenvalue weighted by molar-refractivity contribution is -0.153. The zero-order chi connectivity index (χ0) is 31.5. The highest BCUT2D eigenvalue weighted by Crippen LogP contribution is 2.30. The molecular formula is C24H28BN7O10S. The number of fused-ring (bicyclic) bond motifs is 1. The molecule has 2 aliphatic rings. The first-order valence-corrected chi connectivity index (χ1v) is 14.4. The van der Waals surface area contributed by atoms with Crippen molar-refractivity contribution in [2.45, 2.75) is 18.4 Å². The van der Waals surface area contributed by atoms with Gasteiger partial charge in [-0.2, -0.15) is 8.42 Å². The minimum absolute atomic E-state index is 0.0170. The molecule has 17 nitrogen and oxygen atoms in total. The fourth-order valence-electron chi connectivity index (χ4n) is 4.67. The minimum Gasteiger partial charge on any atom is -0.534 e. The van der Waals surface area contributed by atoms with E-state index in [4.69, 9.17) is 15.5 Å². The average molecular weight is 617 g/mol. The molecule has 2 atom stereocenters. The Kier molecular flexibility index (Phi) is 9.19. The number of amides is 5. The van der Waals surface area contributed by atoms with Gasteiger partial charge in [0.2, 0.25) is 5.91 Å². The summed E-state index contributed by atoms with van der Waals surface area (Å²) in [6, 6.07) is 6.95. The largest absolute Gasteiger partial charge is 0.547 e. The molecule has 228 valence electrons. The number of carboxylic acid groups (broad SMARTS) is 1. The van der Waals surface area contributed by atoms with Gasteiger partial charge < -0.3 is 36.1 Å². The lowest BCUT2D eigenvalue weighted by Gasteiger charge is -2.33. The molecule has 43 heavy (non-hydrogen) atoms. The Labute approximate surface area is 245 Å². The molecule has 2 heterocycles. The number of nitrogens with one attached hydrogen (secondary N) is 3. The van der Waals surface area contributed by atoms with E-state index in [1.165, 1.54) is 41.3 Å². The lowest BCUT2D eigenvalue weighted by atomic mass is 9.72. The highest BCUT2D eigenvalue weighted by molar-refractivity contribution is 7.90. The maximum atomic E-state index is 13.6. The van der Waals surface area contributed by atoms with E-state index >= 15 is 0 Å². The van der Waals surface area contributed by atoms with Gasteiger partial charge in [-0.15, -0.1) is 0 Å². The lowest BCUT2D eigenvalue weighted by Crippen LogP contribution is -2.60. The second-order valence-electron chi connectivity index (χ2n) is 9.62. The number of imide groups is 1. The topological polar surface area (TPSA) is 264 Å². The molecule has 5 amide bonds. The van der Waals surface area contributed by atoms with Crippen molar-refractivity contribution < 1.29 is 47.2 Å². The summed E-state index contributed by atoms with van der Waals surface area (Å²) >= 11 is 0. The summed E-state index contributed by atoms with van der Waals surface area (Å²) in [6.45, 7) is 0.0474. The number of piperazine rings is 1.